The normalized spacial score (nSPS) is 10.0. The van der Waals surface area contributed by atoms with Crippen LogP contribution in [0.3, 0.4) is 0 Å². The molecule has 162 valence electrons. The minimum Gasteiger partial charge on any atom is -0.501 e. The van der Waals surface area contributed by atoms with Crippen LogP contribution in [-0.2, 0) is 14.2 Å². The number of ether oxygens (including phenoxy) is 3. The molecule has 0 fully saturated rings. The van der Waals surface area contributed by atoms with Crippen molar-refractivity contribution in [2.75, 3.05) is 19.8 Å². The van der Waals surface area contributed by atoms with E-state index in [1.807, 2.05) is 0 Å². The molecule has 30 heavy (non-hydrogen) atoms. The molecule has 0 atom stereocenters. The highest BCUT2D eigenvalue weighted by Gasteiger charge is 2.26. The maximum atomic E-state index is 12.6. The number of carbonyl (C=O) groups excluding carboxylic acids is 3. The summed E-state index contributed by atoms with van der Waals surface area (Å²) in [7, 11) is 0. The van der Waals surface area contributed by atoms with Crippen LogP contribution in [0.2, 0.25) is 0 Å². The third-order valence-electron chi connectivity index (χ3n) is 3.55. The summed E-state index contributed by atoms with van der Waals surface area (Å²) in [6.45, 7) is 9.17. The summed E-state index contributed by atoms with van der Waals surface area (Å²) in [6.07, 6.45) is 1.76. The molecule has 0 bridgehead atoms. The van der Waals surface area contributed by atoms with Crippen LogP contribution in [0.5, 0.6) is 0 Å². The standard InChI is InChI=1S/C18H21N3O9/c1-4-28-10-7-13(22)19-16(25)20(14(23)8-11-29-5-2)18(27)21(17(19)26)15(24)9-12-30-6-3/h4-6H,1-3,7-12H2. The van der Waals surface area contributed by atoms with E-state index in [1.54, 1.807) is 0 Å². The molecule has 1 rings (SSSR count). The van der Waals surface area contributed by atoms with E-state index < -0.39 is 54.1 Å². The van der Waals surface area contributed by atoms with E-state index in [1.165, 1.54) is 0 Å². The van der Waals surface area contributed by atoms with Gasteiger partial charge in [0.1, 0.15) is 0 Å². The molecular weight excluding hydrogens is 402 g/mol. The molecule has 0 radical (unpaired) electrons. The molecule has 0 unspecified atom stereocenters. The second-order valence-electron chi connectivity index (χ2n) is 5.40. The van der Waals surface area contributed by atoms with Crippen LogP contribution in [0.25, 0.3) is 0 Å². The van der Waals surface area contributed by atoms with Gasteiger partial charge in [-0.3, -0.25) is 14.4 Å². The lowest BCUT2D eigenvalue weighted by Gasteiger charge is -2.12. The molecule has 1 aromatic rings. The van der Waals surface area contributed by atoms with E-state index in [4.69, 9.17) is 14.2 Å². The molecule has 0 aliphatic carbocycles. The topological polar surface area (TPSA) is 145 Å². The maximum Gasteiger partial charge on any atom is 0.350 e. The van der Waals surface area contributed by atoms with Crippen molar-refractivity contribution in [3.8, 4) is 0 Å². The lowest BCUT2D eigenvalue weighted by molar-refractivity contribution is 0.0803. The van der Waals surface area contributed by atoms with Gasteiger partial charge in [0, 0.05) is 0 Å². The summed E-state index contributed by atoms with van der Waals surface area (Å²) in [6, 6.07) is 0. The second-order valence-corrected chi connectivity index (χ2v) is 5.40. The van der Waals surface area contributed by atoms with E-state index >= 15 is 0 Å². The van der Waals surface area contributed by atoms with Crippen molar-refractivity contribution >= 4 is 17.7 Å². The molecule has 0 aliphatic heterocycles. The van der Waals surface area contributed by atoms with Crippen molar-refractivity contribution in [3.05, 3.63) is 70.0 Å². The first-order valence-electron chi connectivity index (χ1n) is 8.60. The van der Waals surface area contributed by atoms with Crippen molar-refractivity contribution < 1.29 is 28.6 Å². The van der Waals surface area contributed by atoms with E-state index in [0.717, 1.165) is 18.8 Å². The van der Waals surface area contributed by atoms with Crippen LogP contribution < -0.4 is 17.1 Å². The summed E-state index contributed by atoms with van der Waals surface area (Å²) in [5.74, 6) is -3.25. The first-order valence-corrected chi connectivity index (χ1v) is 8.60. The van der Waals surface area contributed by atoms with Crippen LogP contribution in [0.15, 0.2) is 52.9 Å². The zero-order valence-electron chi connectivity index (χ0n) is 16.1. The molecule has 1 heterocycles. The quantitative estimate of drug-likeness (QED) is 0.328. The third-order valence-corrected chi connectivity index (χ3v) is 3.55. The Kier molecular flexibility index (Phi) is 9.46. The molecule has 12 heteroatoms. The third kappa shape index (κ3) is 5.77. The van der Waals surface area contributed by atoms with Gasteiger partial charge in [0.2, 0.25) is 17.7 Å². The molecule has 0 aromatic carbocycles. The van der Waals surface area contributed by atoms with Gasteiger partial charge in [0.05, 0.1) is 57.9 Å². The molecule has 0 spiro atoms. The molecule has 0 saturated carbocycles. The fourth-order valence-corrected chi connectivity index (χ4v) is 2.21. The average molecular weight is 423 g/mol. The lowest BCUT2D eigenvalue weighted by atomic mass is 10.4. The lowest BCUT2D eigenvalue weighted by Crippen LogP contribution is -2.59. The van der Waals surface area contributed by atoms with Gasteiger partial charge in [0.25, 0.3) is 0 Å². The van der Waals surface area contributed by atoms with Crippen molar-refractivity contribution in [2.24, 2.45) is 0 Å². The van der Waals surface area contributed by atoms with Gasteiger partial charge in [0.15, 0.2) is 0 Å². The number of aromatic nitrogens is 3. The Bertz CT molecular complexity index is 854. The Morgan fingerprint density at radius 2 is 0.833 bits per heavy atom. The van der Waals surface area contributed by atoms with Gasteiger partial charge >= 0.3 is 17.1 Å². The summed E-state index contributed by atoms with van der Waals surface area (Å²) in [5.41, 5.74) is -4.49. The van der Waals surface area contributed by atoms with Crippen LogP contribution in [0.4, 0.5) is 0 Å². The molecule has 1 aromatic heterocycles. The van der Waals surface area contributed by atoms with Gasteiger partial charge in [-0.2, -0.15) is 13.7 Å². The van der Waals surface area contributed by atoms with Crippen molar-refractivity contribution in [2.45, 2.75) is 19.3 Å². The van der Waals surface area contributed by atoms with E-state index in [-0.39, 0.29) is 33.5 Å². The van der Waals surface area contributed by atoms with E-state index in [2.05, 4.69) is 19.7 Å². The largest absolute Gasteiger partial charge is 0.501 e. The van der Waals surface area contributed by atoms with E-state index in [9.17, 15) is 28.8 Å². The summed E-state index contributed by atoms with van der Waals surface area (Å²) in [4.78, 5) is 74.9. The predicted octanol–water partition coefficient (Wildman–Crippen LogP) is -0.257. The number of nitrogens with zero attached hydrogens (tertiary/aromatic N) is 3. The Morgan fingerprint density at radius 1 is 0.600 bits per heavy atom. The predicted molar refractivity (Wildman–Crippen MR) is 103 cm³/mol. The first-order chi connectivity index (χ1) is 14.3. The highest BCUT2D eigenvalue weighted by Crippen LogP contribution is 1.92. The van der Waals surface area contributed by atoms with Crippen LogP contribution in [0.1, 0.15) is 33.6 Å². The summed E-state index contributed by atoms with van der Waals surface area (Å²) in [5, 5.41) is 0. The van der Waals surface area contributed by atoms with E-state index in [0.29, 0.717) is 0 Å². The van der Waals surface area contributed by atoms with Gasteiger partial charge in [-0.05, 0) is 0 Å². The van der Waals surface area contributed by atoms with Gasteiger partial charge in [-0.1, -0.05) is 19.7 Å². The van der Waals surface area contributed by atoms with Gasteiger partial charge in [-0.25, -0.2) is 14.4 Å². The Balaban J connectivity index is 3.57. The van der Waals surface area contributed by atoms with Crippen molar-refractivity contribution in [1.82, 2.24) is 13.7 Å². The SMILES string of the molecule is C=COCCC(=O)n1c(=O)n(C(=O)CCOC=C)c(=O)n(C(=O)CCOC=C)c1=O. The van der Waals surface area contributed by atoms with Gasteiger partial charge < -0.3 is 14.2 Å². The summed E-state index contributed by atoms with van der Waals surface area (Å²) < 4.78 is 14.4. The monoisotopic (exact) mass is 423 g/mol. The highest BCUT2D eigenvalue weighted by atomic mass is 16.5. The van der Waals surface area contributed by atoms with Crippen LogP contribution in [-0.4, -0.2) is 51.2 Å². The molecule has 0 amide bonds. The molecule has 0 N–H and O–H groups in total. The highest BCUT2D eigenvalue weighted by molar-refractivity contribution is 5.83. The Morgan fingerprint density at radius 3 is 1.03 bits per heavy atom. The number of hydrogen-bond donors (Lipinski definition) is 0. The first kappa shape index (κ1) is 24.1. The minimum atomic E-state index is -1.50. The van der Waals surface area contributed by atoms with Gasteiger partial charge in [-0.15, -0.1) is 0 Å². The minimum absolute atomic E-state index is 0.0341. The Hall–Kier alpha value is -3.96. The molecule has 0 aliphatic rings. The average Bonchev–Trinajstić information content (AvgIpc) is 2.68. The zero-order valence-corrected chi connectivity index (χ0v) is 16.1. The summed E-state index contributed by atoms with van der Waals surface area (Å²) >= 11 is 0. The van der Waals surface area contributed by atoms with Crippen molar-refractivity contribution in [1.29, 1.82) is 0 Å². The molecule has 0 saturated heterocycles. The van der Waals surface area contributed by atoms with Crippen LogP contribution >= 0.6 is 0 Å². The number of hydrogen-bond acceptors (Lipinski definition) is 9. The smallest absolute Gasteiger partial charge is 0.350 e. The second kappa shape index (κ2) is 11.8. The van der Waals surface area contributed by atoms with Crippen LogP contribution in [0, 0.1) is 0 Å². The Labute approximate surface area is 169 Å². The maximum absolute atomic E-state index is 12.6. The number of carbonyl (C=O) groups is 3. The molecule has 12 nitrogen and oxygen atoms in total. The fraction of sp³-hybridized carbons (Fsp3) is 0.333. The van der Waals surface area contributed by atoms with Crippen molar-refractivity contribution in [3.63, 3.8) is 0 Å². The zero-order chi connectivity index (χ0) is 22.7. The number of rotatable bonds is 12. The molecular formula is C18H21N3O9. The fourth-order valence-electron chi connectivity index (χ4n) is 2.21.